The predicted molar refractivity (Wildman–Crippen MR) is 171 cm³/mol. The van der Waals surface area contributed by atoms with Gasteiger partial charge in [0.05, 0.1) is 31.5 Å². The van der Waals surface area contributed by atoms with Crippen LogP contribution in [0.3, 0.4) is 0 Å². The SMILES string of the molecule is CCC[C@H](NC(=O)[C@@H]1C[C@]2(C=C(c3ccc(C)cc3)NO2)CN1C(=O)[C@@H](NC(=O)O[C@H]1CCOC1)C(C)(C)C)C(=O)C(=O)NC1CC1. The van der Waals surface area contributed by atoms with Crippen LogP contribution in [0, 0.1) is 12.3 Å². The van der Waals surface area contributed by atoms with E-state index in [4.69, 9.17) is 14.3 Å². The first-order valence-electron chi connectivity index (χ1n) is 16.5. The van der Waals surface area contributed by atoms with Crippen molar-refractivity contribution in [1.82, 2.24) is 26.3 Å². The number of benzene rings is 1. The lowest BCUT2D eigenvalue weighted by atomic mass is 9.85. The van der Waals surface area contributed by atoms with Gasteiger partial charge in [0.25, 0.3) is 5.91 Å². The number of aryl methyl sites for hydroxylation is 1. The van der Waals surface area contributed by atoms with Gasteiger partial charge in [0, 0.05) is 18.9 Å². The maximum absolute atomic E-state index is 14.4. The summed E-state index contributed by atoms with van der Waals surface area (Å²) < 4.78 is 10.8. The van der Waals surface area contributed by atoms with E-state index in [1.54, 1.807) is 0 Å². The highest BCUT2D eigenvalue weighted by Gasteiger charge is 2.54. The minimum absolute atomic E-state index is 0.000606. The van der Waals surface area contributed by atoms with Crippen LogP contribution in [0.2, 0.25) is 0 Å². The van der Waals surface area contributed by atoms with E-state index in [-0.39, 0.29) is 32.0 Å². The number of hydrogen-bond acceptors (Lipinski definition) is 9. The molecule has 0 bridgehead atoms. The second-order valence-corrected chi connectivity index (χ2v) is 14.2. The Morgan fingerprint density at radius 1 is 1.09 bits per heavy atom. The highest BCUT2D eigenvalue weighted by atomic mass is 16.7. The van der Waals surface area contributed by atoms with Crippen LogP contribution in [0.15, 0.2) is 30.3 Å². The number of nitrogens with one attached hydrogen (secondary N) is 4. The number of amides is 4. The van der Waals surface area contributed by atoms with Gasteiger partial charge in [-0.3, -0.25) is 29.5 Å². The first-order valence-corrected chi connectivity index (χ1v) is 16.5. The fourth-order valence-corrected chi connectivity index (χ4v) is 6.09. The van der Waals surface area contributed by atoms with Gasteiger partial charge in [0.15, 0.2) is 0 Å². The molecule has 13 nitrogen and oxygen atoms in total. The molecule has 1 saturated carbocycles. The molecule has 4 amide bonds. The van der Waals surface area contributed by atoms with Crippen molar-refractivity contribution in [1.29, 1.82) is 0 Å². The molecule has 1 aromatic rings. The molecule has 4 aliphatic rings. The molecule has 1 aliphatic carbocycles. The van der Waals surface area contributed by atoms with Gasteiger partial charge in [-0.1, -0.05) is 63.9 Å². The standard InChI is InChI=1S/C34H47N5O8/c1-6-7-24(27(40)30(42)35-22-12-13-22)36-29(41)26-17-34(16-25(38-47-34)21-10-8-20(2)9-11-21)19-39(26)31(43)28(33(3,4)5)37-32(44)46-23-14-15-45-18-23/h8-11,16,22-24,26,28,38H,6-7,12-15,17-19H2,1-5H3,(H,35,42)(H,36,41)(H,37,44)/t23-,24-,26-,28+,34+/m0/s1. The molecule has 0 aromatic heterocycles. The maximum atomic E-state index is 14.4. The van der Waals surface area contributed by atoms with E-state index in [9.17, 15) is 24.0 Å². The van der Waals surface area contributed by atoms with Gasteiger partial charge < -0.3 is 30.3 Å². The minimum atomic E-state index is -1.07. The van der Waals surface area contributed by atoms with Gasteiger partial charge in [-0.25, -0.2) is 4.79 Å². The molecule has 13 heteroatoms. The van der Waals surface area contributed by atoms with Gasteiger partial charge in [0.2, 0.25) is 17.6 Å². The van der Waals surface area contributed by atoms with E-state index < -0.39 is 64.8 Å². The number of alkyl carbamates (subject to hydrolysis) is 1. The summed E-state index contributed by atoms with van der Waals surface area (Å²) in [6, 6.07) is 4.66. The molecule has 1 aromatic carbocycles. The highest BCUT2D eigenvalue weighted by molar-refractivity contribution is 6.38. The molecule has 3 aliphatic heterocycles. The molecular weight excluding hydrogens is 606 g/mol. The summed E-state index contributed by atoms with van der Waals surface area (Å²) in [5.41, 5.74) is 3.81. The largest absolute Gasteiger partial charge is 0.444 e. The van der Waals surface area contributed by atoms with Crippen molar-refractivity contribution >= 4 is 35.3 Å². The van der Waals surface area contributed by atoms with E-state index in [0.29, 0.717) is 25.1 Å². The number of likely N-dealkylation sites (tertiary alicyclic amines) is 1. The molecule has 3 fully saturated rings. The Labute approximate surface area is 275 Å². The van der Waals surface area contributed by atoms with Crippen molar-refractivity contribution in [3.63, 3.8) is 0 Å². The summed E-state index contributed by atoms with van der Waals surface area (Å²) in [4.78, 5) is 74.7. The van der Waals surface area contributed by atoms with Crippen molar-refractivity contribution in [3.05, 3.63) is 41.5 Å². The van der Waals surface area contributed by atoms with Crippen LogP contribution in [-0.2, 0) is 33.5 Å². The Morgan fingerprint density at radius 2 is 1.81 bits per heavy atom. The quantitative estimate of drug-likeness (QED) is 0.262. The topological polar surface area (TPSA) is 164 Å². The summed E-state index contributed by atoms with van der Waals surface area (Å²) in [6.07, 6.45) is 3.80. The first kappa shape index (κ1) is 34.4. The monoisotopic (exact) mass is 653 g/mol. The lowest BCUT2D eigenvalue weighted by Gasteiger charge is -2.35. The van der Waals surface area contributed by atoms with Crippen molar-refractivity contribution in [2.75, 3.05) is 19.8 Å². The lowest BCUT2D eigenvalue weighted by molar-refractivity contribution is -0.144. The van der Waals surface area contributed by atoms with Crippen molar-refractivity contribution < 1.29 is 38.3 Å². The average Bonchev–Trinajstić information content (AvgIpc) is 3.37. The van der Waals surface area contributed by atoms with E-state index in [0.717, 1.165) is 24.0 Å². The fraction of sp³-hybridized carbons (Fsp3) is 0.618. The second-order valence-electron chi connectivity index (χ2n) is 14.2. The Kier molecular flexibility index (Phi) is 10.3. The third-order valence-corrected chi connectivity index (χ3v) is 8.96. The Morgan fingerprint density at radius 3 is 2.43 bits per heavy atom. The molecule has 4 N–H and O–H groups in total. The van der Waals surface area contributed by atoms with Crippen molar-refractivity contribution in [2.24, 2.45) is 5.41 Å². The number of hydroxylamine groups is 1. The number of nitrogens with zero attached hydrogens (tertiary/aromatic N) is 1. The Bertz CT molecular complexity index is 1400. The molecular formula is C34H47N5O8. The Balaban J connectivity index is 1.41. The molecule has 3 heterocycles. The summed E-state index contributed by atoms with van der Waals surface area (Å²) in [6.45, 7) is 10.1. The molecule has 1 spiro atoms. The molecule has 0 unspecified atom stereocenters. The molecule has 5 rings (SSSR count). The number of carbonyl (C=O) groups excluding carboxylic acids is 5. The normalized spacial score (nSPS) is 25.0. The number of Topliss-reactive ketones (excluding diaryl/α,β-unsaturated/α-hetero) is 1. The second kappa shape index (κ2) is 14.0. The number of rotatable bonds is 11. The van der Waals surface area contributed by atoms with E-state index >= 15 is 0 Å². The lowest BCUT2D eigenvalue weighted by Crippen LogP contribution is -2.59. The van der Waals surface area contributed by atoms with Gasteiger partial charge >= 0.3 is 6.09 Å². The maximum Gasteiger partial charge on any atom is 0.408 e. The van der Waals surface area contributed by atoms with Crippen LogP contribution in [0.1, 0.15) is 77.3 Å². The van der Waals surface area contributed by atoms with Crippen LogP contribution in [0.4, 0.5) is 4.79 Å². The van der Waals surface area contributed by atoms with Gasteiger partial charge in [0.1, 0.15) is 23.8 Å². The van der Waals surface area contributed by atoms with Crippen molar-refractivity contribution in [3.8, 4) is 0 Å². The van der Waals surface area contributed by atoms with E-state index in [1.807, 2.05) is 65.0 Å². The minimum Gasteiger partial charge on any atom is -0.444 e. The zero-order valence-electron chi connectivity index (χ0n) is 27.9. The predicted octanol–water partition coefficient (Wildman–Crippen LogP) is 2.27. The van der Waals surface area contributed by atoms with Crippen LogP contribution < -0.4 is 21.4 Å². The highest BCUT2D eigenvalue weighted by Crippen LogP contribution is 2.39. The van der Waals surface area contributed by atoms with Gasteiger partial charge in [-0.05, 0) is 43.2 Å². The molecule has 5 atom stereocenters. The molecule has 256 valence electrons. The zero-order valence-corrected chi connectivity index (χ0v) is 27.9. The number of carbonyl (C=O) groups is 5. The van der Waals surface area contributed by atoms with Gasteiger partial charge in [-0.2, -0.15) is 0 Å². The van der Waals surface area contributed by atoms with Crippen LogP contribution in [0.25, 0.3) is 5.70 Å². The van der Waals surface area contributed by atoms with Crippen LogP contribution in [0.5, 0.6) is 0 Å². The Hall–Kier alpha value is -3.97. The zero-order chi connectivity index (χ0) is 33.9. The van der Waals surface area contributed by atoms with Gasteiger partial charge in [-0.15, -0.1) is 0 Å². The fourth-order valence-electron chi connectivity index (χ4n) is 6.09. The smallest absolute Gasteiger partial charge is 0.408 e. The first-order chi connectivity index (χ1) is 22.3. The molecule has 47 heavy (non-hydrogen) atoms. The summed E-state index contributed by atoms with van der Waals surface area (Å²) in [5, 5.41) is 8.22. The third-order valence-electron chi connectivity index (χ3n) is 8.96. The van der Waals surface area contributed by atoms with Crippen molar-refractivity contribution in [2.45, 2.75) is 109 Å². The summed E-state index contributed by atoms with van der Waals surface area (Å²) in [7, 11) is 0. The summed E-state index contributed by atoms with van der Waals surface area (Å²) in [5.74, 6) is -2.52. The molecule has 2 saturated heterocycles. The van der Waals surface area contributed by atoms with E-state index in [1.165, 1.54) is 4.90 Å². The van der Waals surface area contributed by atoms with Crippen LogP contribution >= 0.6 is 0 Å². The number of ketones is 1. The molecule has 0 radical (unpaired) electrons. The average molecular weight is 654 g/mol. The van der Waals surface area contributed by atoms with E-state index in [2.05, 4.69) is 21.4 Å². The number of ether oxygens (including phenoxy) is 2. The van der Waals surface area contributed by atoms with Crippen LogP contribution in [-0.4, -0.2) is 90.1 Å². The third kappa shape index (κ3) is 8.31. The number of hydrogen-bond donors (Lipinski definition) is 4. The summed E-state index contributed by atoms with van der Waals surface area (Å²) >= 11 is 0.